The maximum atomic E-state index is 13.9. The monoisotopic (exact) mass is 1050 g/mol. The van der Waals surface area contributed by atoms with Gasteiger partial charge in [-0.15, -0.1) is 0 Å². The van der Waals surface area contributed by atoms with Crippen LogP contribution < -0.4 is 0 Å². The molecule has 2 aliphatic rings. The first kappa shape index (κ1) is 56.5. The minimum Gasteiger partial charge on any atom is -0.478 e. The number of carbonyl (C=O) groups excluding carboxylic acids is 2. The molecule has 0 aliphatic heterocycles. The van der Waals surface area contributed by atoms with Gasteiger partial charge in [0.15, 0.2) is 5.56 Å². The highest BCUT2D eigenvalue weighted by Gasteiger charge is 2.36. The maximum Gasteiger partial charge on any atom is 0.510 e. The highest BCUT2D eigenvalue weighted by molar-refractivity contribution is 6.19. The average Bonchev–Trinajstić information content (AvgIpc) is 4.27. The van der Waals surface area contributed by atoms with Crippen LogP contribution in [0.3, 0.4) is 0 Å². The van der Waals surface area contributed by atoms with Gasteiger partial charge in [0.2, 0.25) is 6.29 Å². The molecule has 2 unspecified atom stereocenters. The number of ether oxygens (including phenoxy) is 4. The highest BCUT2D eigenvalue weighted by Crippen LogP contribution is 2.43. The smallest absolute Gasteiger partial charge is 0.478 e. The number of benzene rings is 4. The van der Waals surface area contributed by atoms with Crippen LogP contribution in [-0.2, 0) is 44.1 Å². The van der Waals surface area contributed by atoms with Gasteiger partial charge in [0.05, 0.1) is 45.8 Å². The highest BCUT2D eigenvalue weighted by atomic mass is 35.5. The number of rotatable bonds is 15. The number of pyridine rings is 2. The van der Waals surface area contributed by atoms with E-state index in [4.69, 9.17) is 21.1 Å². The fourth-order valence-corrected chi connectivity index (χ4v) is 8.01. The maximum absolute atomic E-state index is 13.9. The molecule has 17 heteroatoms. The van der Waals surface area contributed by atoms with Crippen molar-refractivity contribution in [2.45, 2.75) is 128 Å². The molecule has 2 fully saturated rings. The number of carboxylic acid groups (broad SMARTS) is 1. The average molecular weight is 1050 g/mol. The Morgan fingerprint density at radius 3 is 1.41 bits per heavy atom. The lowest BCUT2D eigenvalue weighted by molar-refractivity contribution is -0.138. The van der Waals surface area contributed by atoms with Gasteiger partial charge < -0.3 is 24.1 Å². The summed E-state index contributed by atoms with van der Waals surface area (Å²) in [5, 5.41) is 9.55. The van der Waals surface area contributed by atoms with E-state index in [1.165, 1.54) is 12.4 Å². The van der Waals surface area contributed by atoms with Crippen molar-refractivity contribution >= 4 is 29.7 Å². The van der Waals surface area contributed by atoms with Gasteiger partial charge in [-0.25, -0.2) is 14.4 Å². The Morgan fingerprint density at radius 1 is 0.595 bits per heavy atom. The number of carboxylic acids is 1. The number of aromatic nitrogens is 2. The molecule has 74 heavy (non-hydrogen) atoms. The molecule has 8 rings (SSSR count). The number of carbonyl (C=O) groups is 3. The van der Waals surface area contributed by atoms with Crippen molar-refractivity contribution in [2.24, 2.45) is 0 Å². The number of aromatic carboxylic acids is 1. The van der Waals surface area contributed by atoms with Crippen LogP contribution >= 0.6 is 11.6 Å². The fraction of sp³-hybridized carbons (Fsp3) is 0.351. The first-order valence-electron chi connectivity index (χ1n) is 24.1. The molecule has 0 amide bonds. The molecule has 2 aliphatic carbocycles. The van der Waals surface area contributed by atoms with E-state index in [2.05, 4.69) is 19.4 Å². The first-order valence-corrected chi connectivity index (χ1v) is 24.5. The molecule has 6 aromatic rings. The van der Waals surface area contributed by atoms with Gasteiger partial charge in [-0.05, 0) is 150 Å². The summed E-state index contributed by atoms with van der Waals surface area (Å²) in [4.78, 5) is 43.5. The second-order valence-electron chi connectivity index (χ2n) is 18.5. The Morgan fingerprint density at radius 2 is 1.03 bits per heavy atom. The van der Waals surface area contributed by atoms with Crippen LogP contribution in [0.4, 0.5) is 31.1 Å². The van der Waals surface area contributed by atoms with E-state index < -0.39 is 53.4 Å². The van der Waals surface area contributed by atoms with Crippen LogP contribution in [0, 0.1) is 0 Å². The predicted molar refractivity (Wildman–Crippen MR) is 268 cm³/mol. The lowest BCUT2D eigenvalue weighted by Gasteiger charge is -2.18. The third-order valence-electron chi connectivity index (χ3n) is 11.5. The molecule has 2 aromatic heterocycles. The van der Waals surface area contributed by atoms with Crippen molar-refractivity contribution in [2.75, 3.05) is 0 Å². The second-order valence-corrected chi connectivity index (χ2v) is 19.1. The van der Waals surface area contributed by atoms with Crippen LogP contribution in [0.2, 0.25) is 0 Å². The van der Waals surface area contributed by atoms with Crippen molar-refractivity contribution in [1.82, 2.24) is 9.97 Å². The number of halogens is 7. The molecule has 2 heterocycles. The lowest BCUT2D eigenvalue weighted by Crippen LogP contribution is -2.22. The van der Waals surface area contributed by atoms with Crippen molar-refractivity contribution in [3.8, 4) is 22.5 Å². The third-order valence-corrected chi connectivity index (χ3v) is 11.6. The van der Waals surface area contributed by atoms with Crippen LogP contribution in [0.5, 0.6) is 0 Å². The summed E-state index contributed by atoms with van der Waals surface area (Å²) in [6.45, 7) is 10.3. The Kier molecular flexibility index (Phi) is 19.1. The fourth-order valence-electron chi connectivity index (χ4n) is 7.94. The van der Waals surface area contributed by atoms with Gasteiger partial charge in [-0.1, -0.05) is 96.5 Å². The van der Waals surface area contributed by atoms with Gasteiger partial charge >= 0.3 is 30.4 Å². The lowest BCUT2D eigenvalue weighted by atomic mass is 9.95. The summed E-state index contributed by atoms with van der Waals surface area (Å²) in [5.41, 5.74) is 2.47. The molecule has 10 nitrogen and oxygen atoms in total. The molecule has 2 atom stereocenters. The molecule has 1 N–H and O–H groups in total. The van der Waals surface area contributed by atoms with Gasteiger partial charge in [-0.2, -0.15) is 26.3 Å². The number of alkyl halides is 7. The Labute approximate surface area is 431 Å². The zero-order chi connectivity index (χ0) is 53.9. The summed E-state index contributed by atoms with van der Waals surface area (Å²) in [7, 11) is 0. The van der Waals surface area contributed by atoms with Crippen molar-refractivity contribution in [1.29, 1.82) is 0 Å². The number of hydrogen-bond acceptors (Lipinski definition) is 9. The van der Waals surface area contributed by atoms with E-state index in [-0.39, 0.29) is 42.0 Å². The summed E-state index contributed by atoms with van der Waals surface area (Å²) >= 11 is 5.33. The summed E-state index contributed by atoms with van der Waals surface area (Å²) in [5.74, 6) is -0.831. The molecule has 2 saturated carbocycles. The SMILES string of the molecule is CC(C)OC(=O)OC(C)Cl.CC(C)OC(C)OC(=O)c1cc(C2CC2)ccc1Cc1cnc(-c2ccccc2)c(C(F)(F)F)c1.O=C(O)c1cc(C2CC2)ccc1Cc1cnc(-c2ccccc2)c(C(F)(F)F)c1. The van der Waals surface area contributed by atoms with Crippen LogP contribution in [0.25, 0.3) is 22.5 Å². The minimum absolute atomic E-state index is 0.0672. The van der Waals surface area contributed by atoms with Gasteiger partial charge in [-0.3, -0.25) is 9.97 Å². The molecule has 0 radical (unpaired) electrons. The van der Waals surface area contributed by atoms with E-state index in [1.807, 2.05) is 26.0 Å². The molecular weight excluding hydrogens is 990 g/mol. The van der Waals surface area contributed by atoms with Crippen LogP contribution in [0.1, 0.15) is 144 Å². The predicted octanol–water partition coefficient (Wildman–Crippen LogP) is 15.2. The molecule has 0 bridgehead atoms. The van der Waals surface area contributed by atoms with Crippen LogP contribution in [-0.4, -0.2) is 57.2 Å². The zero-order valence-corrected chi connectivity index (χ0v) is 42.4. The number of nitrogens with zero attached hydrogens (tertiary/aromatic N) is 2. The van der Waals surface area contributed by atoms with E-state index in [0.29, 0.717) is 50.8 Å². The number of hydrogen-bond donors (Lipinski definition) is 1. The molecule has 0 saturated heterocycles. The minimum atomic E-state index is -4.57. The summed E-state index contributed by atoms with van der Waals surface area (Å²) < 4.78 is 103. The largest absolute Gasteiger partial charge is 0.510 e. The van der Waals surface area contributed by atoms with Gasteiger partial charge in [0.25, 0.3) is 0 Å². The quantitative estimate of drug-likeness (QED) is 0.0458. The standard InChI is InChI=1S/C28H28F3NO3.C23H18F3NO2.C6H11ClO3/c1-17(2)34-18(3)35-27(33)24-15-22(20-9-10-20)11-12-23(24)13-19-14-25(28(29,30)31)26(32-16-19)21-7-5-4-6-8-21;24-23(25,26)20-11-14(13-27-21(20)16-4-2-1-3-5-16)10-18-9-8-17(15-6-7-15)12-19(18)22(28)29;1-4(2)9-6(8)10-5(3)7/h4-8,11-12,14-18,20H,9-10,13H2,1-3H3;1-5,8-9,11-13,15H,6-7,10H2,(H,28,29);4-5H,1-3H3. The molecule has 0 spiro atoms. The Balaban J connectivity index is 0.000000206. The summed E-state index contributed by atoms with van der Waals surface area (Å²) in [6.07, 6.45) is -3.71. The number of esters is 1. The molecule has 392 valence electrons. The van der Waals surface area contributed by atoms with Crippen molar-refractivity contribution in [3.63, 3.8) is 0 Å². The van der Waals surface area contributed by atoms with E-state index >= 15 is 0 Å². The van der Waals surface area contributed by atoms with E-state index in [9.17, 15) is 45.8 Å². The summed E-state index contributed by atoms with van der Waals surface area (Å²) in [6, 6.07) is 29.4. The Hall–Kier alpha value is -6.78. The normalized spacial score (nSPS) is 14.2. The Bertz CT molecular complexity index is 2860. The topological polar surface area (TPSA) is 134 Å². The second kappa shape index (κ2) is 25.0. The molecular formula is C57H57ClF6N2O8. The van der Waals surface area contributed by atoms with Crippen molar-refractivity contribution in [3.05, 3.63) is 177 Å². The van der Waals surface area contributed by atoms with Crippen LogP contribution in [0.15, 0.2) is 122 Å². The first-order chi connectivity index (χ1) is 35.0. The van der Waals surface area contributed by atoms with Crippen molar-refractivity contribution < 1.29 is 64.8 Å². The van der Waals surface area contributed by atoms with Gasteiger partial charge in [0, 0.05) is 23.5 Å². The van der Waals surface area contributed by atoms with E-state index in [1.54, 1.807) is 113 Å². The van der Waals surface area contributed by atoms with Gasteiger partial charge in [0.1, 0.15) is 0 Å². The third kappa shape index (κ3) is 16.6. The zero-order valence-electron chi connectivity index (χ0n) is 41.6. The van der Waals surface area contributed by atoms with E-state index in [0.717, 1.165) is 48.9 Å². The molecule has 4 aromatic carbocycles.